The molecule has 2 N–H and O–H groups in total. The summed E-state index contributed by atoms with van der Waals surface area (Å²) in [7, 11) is 0. The SMILES string of the molecule is Cc1occc1Sc1nc(N)nc(-n2cccn2)n1. The highest BCUT2D eigenvalue weighted by atomic mass is 32.2. The van der Waals surface area contributed by atoms with Gasteiger partial charge in [-0.2, -0.15) is 20.1 Å². The molecular weight excluding hydrogens is 264 g/mol. The lowest BCUT2D eigenvalue weighted by Crippen LogP contribution is -2.07. The Morgan fingerprint density at radius 3 is 2.89 bits per heavy atom. The monoisotopic (exact) mass is 274 g/mol. The molecule has 0 saturated carbocycles. The number of aromatic nitrogens is 5. The molecule has 0 aliphatic carbocycles. The van der Waals surface area contributed by atoms with Crippen LogP contribution in [0.1, 0.15) is 5.76 Å². The van der Waals surface area contributed by atoms with Gasteiger partial charge in [-0.3, -0.25) is 0 Å². The van der Waals surface area contributed by atoms with E-state index in [1.54, 1.807) is 24.7 Å². The molecular formula is C11H10N6OS. The summed E-state index contributed by atoms with van der Waals surface area (Å²) < 4.78 is 6.76. The van der Waals surface area contributed by atoms with E-state index < -0.39 is 0 Å². The van der Waals surface area contributed by atoms with Crippen LogP contribution in [0.15, 0.2) is 45.3 Å². The topological polar surface area (TPSA) is 95.7 Å². The van der Waals surface area contributed by atoms with Gasteiger partial charge in [0.15, 0.2) is 5.16 Å². The van der Waals surface area contributed by atoms with Gasteiger partial charge >= 0.3 is 0 Å². The zero-order chi connectivity index (χ0) is 13.2. The minimum Gasteiger partial charge on any atom is -0.468 e. The number of nitrogens with zero attached hydrogens (tertiary/aromatic N) is 5. The van der Waals surface area contributed by atoms with Crippen LogP contribution in [0.3, 0.4) is 0 Å². The van der Waals surface area contributed by atoms with Crippen molar-refractivity contribution >= 4 is 17.7 Å². The van der Waals surface area contributed by atoms with Crippen molar-refractivity contribution in [1.29, 1.82) is 0 Å². The van der Waals surface area contributed by atoms with Crippen molar-refractivity contribution in [3.8, 4) is 5.95 Å². The van der Waals surface area contributed by atoms with Crippen LogP contribution in [0.2, 0.25) is 0 Å². The maximum atomic E-state index is 5.69. The Morgan fingerprint density at radius 2 is 2.21 bits per heavy atom. The van der Waals surface area contributed by atoms with Crippen molar-refractivity contribution in [3.05, 3.63) is 36.5 Å². The van der Waals surface area contributed by atoms with Crippen LogP contribution < -0.4 is 5.73 Å². The average molecular weight is 274 g/mol. The molecule has 0 bridgehead atoms. The van der Waals surface area contributed by atoms with Crippen molar-refractivity contribution in [1.82, 2.24) is 24.7 Å². The molecule has 0 aromatic carbocycles. The number of aryl methyl sites for hydroxylation is 1. The molecule has 0 unspecified atom stereocenters. The van der Waals surface area contributed by atoms with Crippen LogP contribution in [0.4, 0.5) is 5.95 Å². The molecule has 19 heavy (non-hydrogen) atoms. The van der Waals surface area contributed by atoms with Crippen molar-refractivity contribution < 1.29 is 4.42 Å². The number of nitrogens with two attached hydrogens (primary N) is 1. The van der Waals surface area contributed by atoms with Gasteiger partial charge in [-0.05, 0) is 30.8 Å². The zero-order valence-electron chi connectivity index (χ0n) is 10.0. The molecule has 0 saturated heterocycles. The highest BCUT2D eigenvalue weighted by Crippen LogP contribution is 2.28. The van der Waals surface area contributed by atoms with Gasteiger partial charge in [-0.15, -0.1) is 0 Å². The van der Waals surface area contributed by atoms with E-state index in [2.05, 4.69) is 20.1 Å². The number of rotatable bonds is 3. The molecule has 0 atom stereocenters. The van der Waals surface area contributed by atoms with E-state index in [0.717, 1.165) is 10.7 Å². The second-order valence-corrected chi connectivity index (χ2v) is 4.68. The lowest BCUT2D eigenvalue weighted by molar-refractivity contribution is 0.527. The Morgan fingerprint density at radius 1 is 1.32 bits per heavy atom. The van der Waals surface area contributed by atoms with E-state index in [1.165, 1.54) is 16.4 Å². The van der Waals surface area contributed by atoms with Crippen LogP contribution in [0.5, 0.6) is 0 Å². The fraction of sp³-hybridized carbons (Fsp3) is 0.0909. The molecule has 8 heteroatoms. The third kappa shape index (κ3) is 2.43. The first-order chi connectivity index (χ1) is 9.22. The van der Waals surface area contributed by atoms with Crippen LogP contribution in [-0.4, -0.2) is 24.7 Å². The molecule has 0 radical (unpaired) electrons. The predicted octanol–water partition coefficient (Wildman–Crippen LogP) is 1.69. The minimum absolute atomic E-state index is 0.157. The summed E-state index contributed by atoms with van der Waals surface area (Å²) in [5.41, 5.74) is 5.69. The van der Waals surface area contributed by atoms with Crippen molar-refractivity contribution in [3.63, 3.8) is 0 Å². The van der Waals surface area contributed by atoms with E-state index in [1.807, 2.05) is 13.0 Å². The molecule has 7 nitrogen and oxygen atoms in total. The summed E-state index contributed by atoms with van der Waals surface area (Å²) in [4.78, 5) is 13.4. The number of hydrogen-bond acceptors (Lipinski definition) is 7. The maximum absolute atomic E-state index is 5.69. The largest absolute Gasteiger partial charge is 0.468 e. The van der Waals surface area contributed by atoms with E-state index in [0.29, 0.717) is 11.1 Å². The highest BCUT2D eigenvalue weighted by molar-refractivity contribution is 7.99. The van der Waals surface area contributed by atoms with Gasteiger partial charge in [0.05, 0.1) is 11.2 Å². The molecule has 0 amide bonds. The summed E-state index contributed by atoms with van der Waals surface area (Å²) >= 11 is 1.37. The predicted molar refractivity (Wildman–Crippen MR) is 68.9 cm³/mol. The fourth-order valence-corrected chi connectivity index (χ4v) is 2.25. The van der Waals surface area contributed by atoms with Crippen molar-refractivity contribution in [2.24, 2.45) is 0 Å². The lowest BCUT2D eigenvalue weighted by Gasteiger charge is -2.03. The Labute approximate surface area is 112 Å². The van der Waals surface area contributed by atoms with Gasteiger partial charge in [-0.1, -0.05) is 0 Å². The Bertz CT molecular complexity index is 693. The van der Waals surface area contributed by atoms with E-state index in [9.17, 15) is 0 Å². The van der Waals surface area contributed by atoms with E-state index in [4.69, 9.17) is 10.2 Å². The Kier molecular flexibility index (Phi) is 2.92. The van der Waals surface area contributed by atoms with E-state index in [-0.39, 0.29) is 5.95 Å². The van der Waals surface area contributed by atoms with Crippen LogP contribution in [0, 0.1) is 6.92 Å². The standard InChI is InChI=1S/C11H10N6OS/c1-7-8(3-6-18-7)19-11-15-9(12)14-10(16-11)17-5-2-4-13-17/h2-6H,1H3,(H2,12,14,15,16). The number of nitrogen functional groups attached to an aromatic ring is 1. The molecule has 0 aliphatic heterocycles. The molecule has 3 aromatic rings. The van der Waals surface area contributed by atoms with Crippen molar-refractivity contribution in [2.75, 3.05) is 5.73 Å². The first-order valence-electron chi connectivity index (χ1n) is 5.46. The Balaban J connectivity index is 1.96. The van der Waals surface area contributed by atoms with Gasteiger partial charge in [0.1, 0.15) is 5.76 Å². The summed E-state index contributed by atoms with van der Waals surface area (Å²) in [5, 5.41) is 4.57. The summed E-state index contributed by atoms with van der Waals surface area (Å²) in [6, 6.07) is 3.64. The molecule has 3 heterocycles. The molecule has 0 fully saturated rings. The second-order valence-electron chi connectivity index (χ2n) is 3.67. The fourth-order valence-electron chi connectivity index (χ4n) is 1.47. The minimum atomic E-state index is 0.157. The molecule has 96 valence electrons. The van der Waals surface area contributed by atoms with Gasteiger partial charge in [0, 0.05) is 12.4 Å². The molecule has 0 spiro atoms. The van der Waals surface area contributed by atoms with Gasteiger partial charge < -0.3 is 10.2 Å². The zero-order valence-corrected chi connectivity index (χ0v) is 10.8. The van der Waals surface area contributed by atoms with Gasteiger partial charge in [0.2, 0.25) is 5.95 Å². The van der Waals surface area contributed by atoms with E-state index >= 15 is 0 Å². The Hall–Kier alpha value is -2.35. The van der Waals surface area contributed by atoms with Gasteiger partial charge in [0.25, 0.3) is 5.95 Å². The smallest absolute Gasteiger partial charge is 0.256 e. The summed E-state index contributed by atoms with van der Waals surface area (Å²) in [6.07, 6.45) is 5.01. The lowest BCUT2D eigenvalue weighted by atomic mass is 10.5. The highest BCUT2D eigenvalue weighted by Gasteiger charge is 2.10. The summed E-state index contributed by atoms with van der Waals surface area (Å²) in [5.74, 6) is 1.36. The van der Waals surface area contributed by atoms with Crippen LogP contribution in [0.25, 0.3) is 5.95 Å². The number of hydrogen-bond donors (Lipinski definition) is 1. The van der Waals surface area contributed by atoms with Crippen molar-refractivity contribution in [2.45, 2.75) is 17.0 Å². The maximum Gasteiger partial charge on any atom is 0.256 e. The second kappa shape index (κ2) is 4.73. The third-order valence-electron chi connectivity index (χ3n) is 2.34. The van der Waals surface area contributed by atoms with Crippen LogP contribution in [-0.2, 0) is 0 Å². The average Bonchev–Trinajstić information content (AvgIpc) is 3.01. The third-order valence-corrected chi connectivity index (χ3v) is 3.35. The molecule has 3 aromatic heterocycles. The normalized spacial score (nSPS) is 10.8. The quantitative estimate of drug-likeness (QED) is 0.776. The number of furan rings is 1. The van der Waals surface area contributed by atoms with Gasteiger partial charge in [-0.25, -0.2) is 4.68 Å². The molecule has 3 rings (SSSR count). The van der Waals surface area contributed by atoms with Crippen LogP contribution >= 0.6 is 11.8 Å². The molecule has 0 aliphatic rings. The number of anilines is 1. The first-order valence-corrected chi connectivity index (χ1v) is 6.27. The first kappa shape index (κ1) is 11.7. The summed E-state index contributed by atoms with van der Waals surface area (Å²) in [6.45, 7) is 1.88.